The van der Waals surface area contributed by atoms with Crippen molar-refractivity contribution in [3.05, 3.63) is 71.5 Å². The first-order chi connectivity index (χ1) is 21.6. The van der Waals surface area contributed by atoms with Crippen molar-refractivity contribution in [2.24, 2.45) is 11.8 Å². The lowest BCUT2D eigenvalue weighted by Crippen LogP contribution is -2.43. The normalized spacial score (nSPS) is 20.9. The van der Waals surface area contributed by atoms with Crippen molar-refractivity contribution >= 4 is 46.2 Å². The predicted molar refractivity (Wildman–Crippen MR) is 175 cm³/mol. The van der Waals surface area contributed by atoms with Gasteiger partial charge in [-0.25, -0.2) is 43.1 Å². The molecular formula is C29H40N4O9S4. The van der Waals surface area contributed by atoms with Gasteiger partial charge in [0, 0.05) is 50.1 Å². The van der Waals surface area contributed by atoms with Gasteiger partial charge >= 0.3 is 0 Å². The molecule has 0 spiro atoms. The molecule has 2 atom stereocenters. The largest absolute Gasteiger partial charge is 0.497 e. The van der Waals surface area contributed by atoms with E-state index in [9.17, 15) is 33.7 Å². The highest BCUT2D eigenvalue weighted by molar-refractivity contribution is 7.92. The van der Waals surface area contributed by atoms with Gasteiger partial charge in [0.05, 0.1) is 16.9 Å². The fourth-order valence-electron chi connectivity index (χ4n) is 5.39. The van der Waals surface area contributed by atoms with Crippen molar-refractivity contribution in [3.63, 3.8) is 0 Å². The Morgan fingerprint density at radius 1 is 0.783 bits per heavy atom. The van der Waals surface area contributed by atoms with Gasteiger partial charge in [-0.3, -0.25) is 0 Å². The number of nitrogens with one attached hydrogen (secondary N) is 2. The molecule has 0 bridgehead atoms. The number of hydrogen-bond donors (Lipinski definition) is 2. The predicted octanol–water partition coefficient (Wildman–Crippen LogP) is 2.15. The molecule has 0 radical (unpaired) electrons. The molecule has 0 aromatic heterocycles. The van der Waals surface area contributed by atoms with Gasteiger partial charge in [0.25, 0.3) is 0 Å². The van der Waals surface area contributed by atoms with E-state index in [0.29, 0.717) is 43.5 Å². The zero-order valence-corrected chi connectivity index (χ0v) is 28.8. The first kappa shape index (κ1) is 36.2. The molecule has 4 rings (SSSR count). The van der Waals surface area contributed by atoms with E-state index in [1.165, 1.54) is 52.1 Å². The van der Waals surface area contributed by atoms with E-state index in [-0.39, 0.29) is 54.4 Å². The second kappa shape index (κ2) is 15.1. The Morgan fingerprint density at radius 2 is 1.33 bits per heavy atom. The molecule has 2 heterocycles. The summed E-state index contributed by atoms with van der Waals surface area (Å²) in [4.78, 5) is 0.130. The summed E-state index contributed by atoms with van der Waals surface area (Å²) in [6, 6.07) is 12.0. The summed E-state index contributed by atoms with van der Waals surface area (Å²) in [5, 5.41) is 1.76. The first-order valence-electron chi connectivity index (χ1n) is 14.7. The average Bonchev–Trinajstić information content (AvgIpc) is 3.06. The molecule has 2 N–H and O–H groups in total. The molecule has 2 aliphatic heterocycles. The van der Waals surface area contributed by atoms with E-state index in [2.05, 4.69) is 16.0 Å². The van der Waals surface area contributed by atoms with Gasteiger partial charge in [-0.05, 0) is 85.6 Å². The SMILES string of the molecule is C=CS(=O)(=O)NCC1CCCN(S(=O)(=O)c2cccc(/C=C/S(=O)(=O)NCC3CCCN(S(=O)(=O)c4ccc(OC)cc4)C3)c2)C1. The van der Waals surface area contributed by atoms with Gasteiger partial charge < -0.3 is 4.74 Å². The Bertz CT molecular complexity index is 1850. The molecule has 46 heavy (non-hydrogen) atoms. The second-order valence-corrected chi connectivity index (χ2v) is 18.5. The molecule has 17 heteroatoms. The molecule has 2 fully saturated rings. The zero-order valence-electron chi connectivity index (χ0n) is 25.5. The Balaban J connectivity index is 1.36. The average molecular weight is 717 g/mol. The van der Waals surface area contributed by atoms with Crippen LogP contribution in [0.3, 0.4) is 0 Å². The highest BCUT2D eigenvalue weighted by Gasteiger charge is 2.32. The Hall–Kier alpha value is -2.64. The van der Waals surface area contributed by atoms with Gasteiger partial charge in [-0.1, -0.05) is 18.7 Å². The Labute approximate surface area is 272 Å². The van der Waals surface area contributed by atoms with Gasteiger partial charge in [-0.2, -0.15) is 8.61 Å². The first-order valence-corrected chi connectivity index (χ1v) is 20.7. The van der Waals surface area contributed by atoms with Crippen LogP contribution >= 0.6 is 0 Å². The molecule has 2 saturated heterocycles. The highest BCUT2D eigenvalue weighted by Crippen LogP contribution is 2.26. The number of benzene rings is 2. The number of nitrogens with zero attached hydrogens (tertiary/aromatic N) is 2. The van der Waals surface area contributed by atoms with Crippen LogP contribution in [0.4, 0.5) is 0 Å². The van der Waals surface area contributed by atoms with Crippen molar-refractivity contribution in [1.82, 2.24) is 18.1 Å². The molecule has 2 aliphatic rings. The standard InChI is InChI=1S/C29H40N4O9S4/c1-3-43(34,35)30-20-25-8-6-17-33(23-25)46(40,41)29-10-4-7-24(19-29)15-18-44(36,37)31-21-26-9-5-16-32(22-26)45(38,39)28-13-11-27(42-2)12-14-28/h3-4,7,10-15,18-19,25-26,30-31H,1,5-6,8-9,16-17,20-23H2,2H3/b18-15+. The third kappa shape index (κ3) is 9.47. The highest BCUT2D eigenvalue weighted by atomic mass is 32.2. The molecule has 0 saturated carbocycles. The van der Waals surface area contributed by atoms with E-state index in [1.807, 2.05) is 0 Å². The number of methoxy groups -OCH3 is 1. The number of ether oxygens (including phenoxy) is 1. The summed E-state index contributed by atoms with van der Waals surface area (Å²) < 4.78 is 115. The lowest BCUT2D eigenvalue weighted by atomic mass is 10.0. The van der Waals surface area contributed by atoms with Gasteiger partial charge in [0.15, 0.2) is 0 Å². The third-order valence-corrected chi connectivity index (χ3v) is 13.8. The molecule has 254 valence electrons. The zero-order chi connectivity index (χ0) is 33.6. The number of sulfonamides is 4. The molecule has 2 aromatic rings. The van der Waals surface area contributed by atoms with Crippen LogP contribution in [0.1, 0.15) is 31.2 Å². The minimum Gasteiger partial charge on any atom is -0.497 e. The fourth-order valence-corrected chi connectivity index (χ4v) is 10.0. The fraction of sp³-hybridized carbons (Fsp3) is 0.448. The van der Waals surface area contributed by atoms with Crippen molar-refractivity contribution in [2.45, 2.75) is 35.5 Å². The molecular weight excluding hydrogens is 677 g/mol. The summed E-state index contributed by atoms with van der Waals surface area (Å²) in [5.74, 6) is 0.0890. The van der Waals surface area contributed by atoms with Crippen molar-refractivity contribution in [1.29, 1.82) is 0 Å². The molecule has 2 aromatic carbocycles. The maximum Gasteiger partial charge on any atom is 0.243 e. The lowest BCUT2D eigenvalue weighted by molar-refractivity contribution is 0.267. The Morgan fingerprint density at radius 3 is 1.87 bits per heavy atom. The summed E-state index contributed by atoms with van der Waals surface area (Å²) in [6.45, 7) is 4.30. The molecule has 0 aliphatic carbocycles. The van der Waals surface area contributed by atoms with Gasteiger partial charge in [0.2, 0.25) is 40.1 Å². The minimum absolute atomic E-state index is 0.00676. The Kier molecular flexibility index (Phi) is 11.9. The lowest BCUT2D eigenvalue weighted by Gasteiger charge is -2.32. The van der Waals surface area contributed by atoms with Gasteiger partial charge in [0.1, 0.15) is 5.75 Å². The van der Waals surface area contributed by atoms with E-state index in [4.69, 9.17) is 4.74 Å². The topological polar surface area (TPSA) is 176 Å². The van der Waals surface area contributed by atoms with Crippen molar-refractivity contribution in [2.75, 3.05) is 46.4 Å². The van der Waals surface area contributed by atoms with Crippen LogP contribution in [0.5, 0.6) is 5.75 Å². The summed E-state index contributed by atoms with van der Waals surface area (Å²) in [5.41, 5.74) is 0.355. The summed E-state index contributed by atoms with van der Waals surface area (Å²) in [6.07, 6.45) is 3.76. The number of rotatable bonds is 14. The van der Waals surface area contributed by atoms with E-state index in [0.717, 1.165) is 10.8 Å². The van der Waals surface area contributed by atoms with Crippen LogP contribution in [0.25, 0.3) is 6.08 Å². The van der Waals surface area contributed by atoms with E-state index >= 15 is 0 Å². The van der Waals surface area contributed by atoms with Crippen LogP contribution in [0, 0.1) is 11.8 Å². The van der Waals surface area contributed by atoms with Crippen LogP contribution < -0.4 is 14.2 Å². The minimum atomic E-state index is -3.92. The second-order valence-electron chi connectivity index (χ2n) is 11.2. The third-order valence-electron chi connectivity index (χ3n) is 7.96. The van der Waals surface area contributed by atoms with Crippen LogP contribution in [0.2, 0.25) is 0 Å². The number of piperidine rings is 2. The maximum absolute atomic E-state index is 13.4. The molecule has 0 amide bonds. The van der Waals surface area contributed by atoms with Crippen LogP contribution in [0.15, 0.2) is 75.7 Å². The smallest absolute Gasteiger partial charge is 0.243 e. The van der Waals surface area contributed by atoms with Crippen molar-refractivity contribution < 1.29 is 38.4 Å². The van der Waals surface area contributed by atoms with Crippen LogP contribution in [-0.2, 0) is 40.1 Å². The van der Waals surface area contributed by atoms with E-state index < -0.39 is 40.1 Å². The monoisotopic (exact) mass is 716 g/mol. The summed E-state index contributed by atoms with van der Waals surface area (Å²) in [7, 11) is -13.7. The van der Waals surface area contributed by atoms with Crippen molar-refractivity contribution in [3.8, 4) is 5.75 Å². The van der Waals surface area contributed by atoms with Gasteiger partial charge in [-0.15, -0.1) is 0 Å². The van der Waals surface area contributed by atoms with E-state index in [1.54, 1.807) is 18.2 Å². The maximum atomic E-state index is 13.4. The summed E-state index contributed by atoms with van der Waals surface area (Å²) >= 11 is 0. The number of hydrogen-bond acceptors (Lipinski definition) is 9. The van der Waals surface area contributed by atoms with Crippen LogP contribution in [-0.4, -0.2) is 88.7 Å². The quantitative estimate of drug-likeness (QED) is 0.297. The molecule has 13 nitrogen and oxygen atoms in total. The molecule has 2 unspecified atom stereocenters.